The molecular weight excluding hydrogens is 356 g/mol. The van der Waals surface area contributed by atoms with Crippen molar-refractivity contribution < 1.29 is 19.1 Å². The molecular formula is C19H29ClN2O4. The lowest BCUT2D eigenvalue weighted by Crippen LogP contribution is -2.51. The third-order valence-electron chi connectivity index (χ3n) is 4.48. The van der Waals surface area contributed by atoms with Gasteiger partial charge < -0.3 is 20.1 Å². The van der Waals surface area contributed by atoms with Crippen LogP contribution in [0.4, 0.5) is 0 Å². The Kier molecular flexibility index (Phi) is 9.44. The zero-order valence-corrected chi connectivity index (χ0v) is 16.5. The molecule has 1 aromatic carbocycles. The van der Waals surface area contributed by atoms with Gasteiger partial charge in [0.05, 0.1) is 13.7 Å². The Morgan fingerprint density at radius 3 is 2.73 bits per heavy atom. The van der Waals surface area contributed by atoms with Crippen LogP contribution in [0, 0.1) is 0 Å². The molecule has 146 valence electrons. The average Bonchev–Trinajstić information content (AvgIpc) is 2.60. The number of nitrogens with one attached hydrogen (secondary N) is 2. The van der Waals surface area contributed by atoms with E-state index < -0.39 is 0 Å². The van der Waals surface area contributed by atoms with Crippen molar-refractivity contribution in [2.24, 2.45) is 0 Å². The lowest BCUT2D eigenvalue weighted by molar-refractivity contribution is -0.122. The molecule has 1 fully saturated rings. The second kappa shape index (κ2) is 11.0. The van der Waals surface area contributed by atoms with Crippen LogP contribution < -0.4 is 20.1 Å². The maximum Gasteiger partial charge on any atom is 0.220 e. The number of rotatable bonds is 8. The van der Waals surface area contributed by atoms with Crippen LogP contribution in [0.5, 0.6) is 11.5 Å². The number of carbonyl (C=O) groups is 2. The fourth-order valence-electron chi connectivity index (χ4n) is 2.94. The van der Waals surface area contributed by atoms with Crippen LogP contribution in [0.25, 0.3) is 0 Å². The van der Waals surface area contributed by atoms with Crippen molar-refractivity contribution >= 4 is 24.1 Å². The summed E-state index contributed by atoms with van der Waals surface area (Å²) in [6.45, 7) is 5.05. The fraction of sp³-hybridized carbons (Fsp3) is 0.579. The molecule has 0 aliphatic carbocycles. The first-order valence-corrected chi connectivity index (χ1v) is 8.85. The molecule has 2 atom stereocenters. The van der Waals surface area contributed by atoms with Crippen LogP contribution in [-0.4, -0.2) is 44.0 Å². The van der Waals surface area contributed by atoms with E-state index >= 15 is 0 Å². The summed E-state index contributed by atoms with van der Waals surface area (Å²) in [6, 6.07) is 5.64. The third-order valence-corrected chi connectivity index (χ3v) is 4.48. The predicted octanol–water partition coefficient (Wildman–Crippen LogP) is 2.74. The molecule has 1 aliphatic heterocycles. The highest BCUT2D eigenvalue weighted by molar-refractivity contribution is 5.94. The Morgan fingerprint density at radius 1 is 1.31 bits per heavy atom. The molecule has 26 heavy (non-hydrogen) atoms. The number of amides is 1. The summed E-state index contributed by atoms with van der Waals surface area (Å²) in [6.07, 6.45) is 3.17. The van der Waals surface area contributed by atoms with E-state index in [4.69, 9.17) is 9.47 Å². The first-order chi connectivity index (χ1) is 12.0. The van der Waals surface area contributed by atoms with E-state index in [0.717, 1.165) is 19.4 Å². The highest BCUT2D eigenvalue weighted by atomic mass is 35.5. The number of ether oxygens (including phenoxy) is 2. The monoisotopic (exact) mass is 384 g/mol. The van der Waals surface area contributed by atoms with Crippen LogP contribution in [0.3, 0.4) is 0 Å². The van der Waals surface area contributed by atoms with Crippen LogP contribution in [0.2, 0.25) is 0 Å². The van der Waals surface area contributed by atoms with Gasteiger partial charge in [-0.2, -0.15) is 0 Å². The van der Waals surface area contributed by atoms with Crippen LogP contribution in [-0.2, 0) is 4.79 Å². The maximum atomic E-state index is 12.1. The molecule has 2 unspecified atom stereocenters. The van der Waals surface area contributed by atoms with Gasteiger partial charge in [-0.25, -0.2) is 0 Å². The summed E-state index contributed by atoms with van der Waals surface area (Å²) in [4.78, 5) is 23.5. The fourth-order valence-corrected chi connectivity index (χ4v) is 2.94. The molecule has 1 aromatic rings. The topological polar surface area (TPSA) is 76.7 Å². The minimum atomic E-state index is -0.0204. The van der Waals surface area contributed by atoms with Gasteiger partial charge >= 0.3 is 0 Å². The van der Waals surface area contributed by atoms with E-state index in [2.05, 4.69) is 17.6 Å². The number of ketones is 1. The largest absolute Gasteiger partial charge is 0.493 e. The number of hydrogen-bond donors (Lipinski definition) is 2. The number of piperidine rings is 1. The maximum absolute atomic E-state index is 12.1. The van der Waals surface area contributed by atoms with Crippen LogP contribution in [0.1, 0.15) is 49.9 Å². The molecule has 7 heteroatoms. The summed E-state index contributed by atoms with van der Waals surface area (Å²) >= 11 is 0. The third kappa shape index (κ3) is 6.50. The number of hydrogen-bond acceptors (Lipinski definition) is 5. The summed E-state index contributed by atoms with van der Waals surface area (Å²) in [5.41, 5.74) is 0.582. The molecule has 1 saturated heterocycles. The summed E-state index contributed by atoms with van der Waals surface area (Å²) in [5.74, 6) is 1.15. The normalized spacial score (nSPS) is 19.2. The zero-order valence-electron chi connectivity index (χ0n) is 15.7. The molecule has 2 rings (SSSR count). The molecule has 0 radical (unpaired) electrons. The molecule has 1 aliphatic rings. The lowest BCUT2D eigenvalue weighted by Gasteiger charge is -2.30. The number of benzene rings is 1. The minimum Gasteiger partial charge on any atom is -0.493 e. The highest BCUT2D eigenvalue weighted by Gasteiger charge is 2.22. The van der Waals surface area contributed by atoms with E-state index in [9.17, 15) is 9.59 Å². The lowest BCUT2D eigenvalue weighted by atomic mass is 10.00. The Hall–Kier alpha value is -1.79. The van der Waals surface area contributed by atoms with Gasteiger partial charge in [-0.05, 0) is 57.9 Å². The molecule has 0 bridgehead atoms. The number of carbonyl (C=O) groups excluding carboxylic acids is 2. The second-order valence-corrected chi connectivity index (χ2v) is 6.43. The molecule has 1 heterocycles. The Bertz CT molecular complexity index is 609. The van der Waals surface area contributed by atoms with Gasteiger partial charge in [0.2, 0.25) is 5.91 Å². The van der Waals surface area contributed by atoms with Gasteiger partial charge in [-0.3, -0.25) is 9.59 Å². The quantitative estimate of drug-likeness (QED) is 0.532. The van der Waals surface area contributed by atoms with Crippen molar-refractivity contribution in [2.75, 3.05) is 20.3 Å². The van der Waals surface area contributed by atoms with Crippen molar-refractivity contribution in [3.05, 3.63) is 23.8 Å². The molecule has 2 N–H and O–H groups in total. The van der Waals surface area contributed by atoms with E-state index in [1.807, 2.05) is 0 Å². The summed E-state index contributed by atoms with van der Waals surface area (Å²) < 4.78 is 11.0. The standard InChI is InChI=1S/C19H28N2O4.ClH/c1-13-16(6-4-10-20-13)21-19(23)7-5-11-25-17-9-8-15(14(2)22)12-18(17)24-3;/h8-9,12-13,16,20H,4-7,10-11H2,1-3H3,(H,21,23);1H. The van der Waals surface area contributed by atoms with E-state index in [1.54, 1.807) is 25.3 Å². The van der Waals surface area contributed by atoms with Crippen molar-refractivity contribution in [3.63, 3.8) is 0 Å². The molecule has 0 aromatic heterocycles. The molecule has 1 amide bonds. The second-order valence-electron chi connectivity index (χ2n) is 6.43. The van der Waals surface area contributed by atoms with Gasteiger partial charge in [0.1, 0.15) is 0 Å². The predicted molar refractivity (Wildman–Crippen MR) is 104 cm³/mol. The Morgan fingerprint density at radius 2 is 2.08 bits per heavy atom. The van der Waals surface area contributed by atoms with E-state index in [0.29, 0.717) is 42.6 Å². The van der Waals surface area contributed by atoms with E-state index in [-0.39, 0.29) is 30.1 Å². The minimum absolute atomic E-state index is 0. The van der Waals surface area contributed by atoms with Gasteiger partial charge in [0.15, 0.2) is 17.3 Å². The molecule has 0 saturated carbocycles. The zero-order chi connectivity index (χ0) is 18.2. The Balaban J connectivity index is 0.00000338. The van der Waals surface area contributed by atoms with Gasteiger partial charge in [0, 0.05) is 24.1 Å². The van der Waals surface area contributed by atoms with Gasteiger partial charge in [0.25, 0.3) is 0 Å². The number of methoxy groups -OCH3 is 1. The molecule has 0 spiro atoms. The SMILES string of the molecule is COc1cc(C(C)=O)ccc1OCCCC(=O)NC1CCCNC1C.Cl. The Labute approximate surface area is 161 Å². The average molecular weight is 385 g/mol. The molecule has 6 nitrogen and oxygen atoms in total. The smallest absolute Gasteiger partial charge is 0.220 e. The first kappa shape index (κ1) is 22.3. The van der Waals surface area contributed by atoms with Gasteiger partial charge in [-0.1, -0.05) is 0 Å². The van der Waals surface area contributed by atoms with Crippen LogP contribution in [0.15, 0.2) is 18.2 Å². The van der Waals surface area contributed by atoms with Crippen molar-refractivity contribution in [3.8, 4) is 11.5 Å². The summed E-state index contributed by atoms with van der Waals surface area (Å²) in [7, 11) is 1.54. The first-order valence-electron chi connectivity index (χ1n) is 8.85. The number of halogens is 1. The van der Waals surface area contributed by atoms with Crippen molar-refractivity contribution in [1.29, 1.82) is 0 Å². The number of Topliss-reactive ketones (excluding diaryl/α,β-unsaturated/α-hetero) is 1. The van der Waals surface area contributed by atoms with Gasteiger partial charge in [-0.15, -0.1) is 12.4 Å². The van der Waals surface area contributed by atoms with Crippen LogP contribution >= 0.6 is 12.4 Å². The van der Waals surface area contributed by atoms with E-state index in [1.165, 1.54) is 6.92 Å². The highest BCUT2D eigenvalue weighted by Crippen LogP contribution is 2.28. The van der Waals surface area contributed by atoms with Crippen molar-refractivity contribution in [1.82, 2.24) is 10.6 Å². The summed E-state index contributed by atoms with van der Waals surface area (Å²) in [5, 5.41) is 6.46. The van der Waals surface area contributed by atoms with Crippen molar-refractivity contribution in [2.45, 2.75) is 51.6 Å².